The van der Waals surface area contributed by atoms with E-state index in [0.29, 0.717) is 0 Å². The van der Waals surface area contributed by atoms with Crippen LogP contribution >= 0.6 is 11.6 Å². The number of carbonyl (C=O) groups excluding carboxylic acids is 1. The summed E-state index contributed by atoms with van der Waals surface area (Å²) < 4.78 is 0. The van der Waals surface area contributed by atoms with Crippen molar-refractivity contribution in [1.29, 1.82) is 0 Å². The lowest BCUT2D eigenvalue weighted by molar-refractivity contribution is -0.146. The van der Waals surface area contributed by atoms with Crippen molar-refractivity contribution in [2.75, 3.05) is 6.54 Å². The van der Waals surface area contributed by atoms with Crippen LogP contribution in [-0.2, 0) is 14.4 Å². The van der Waals surface area contributed by atoms with E-state index in [0.717, 1.165) is 0 Å². The summed E-state index contributed by atoms with van der Waals surface area (Å²) in [6.07, 6.45) is -0.598. The van der Waals surface area contributed by atoms with Crippen molar-refractivity contribution in [3.63, 3.8) is 0 Å². The lowest BCUT2D eigenvalue weighted by atomic mass is 10.2. The van der Waals surface area contributed by atoms with Gasteiger partial charge < -0.3 is 10.2 Å². The van der Waals surface area contributed by atoms with E-state index in [1.54, 1.807) is 0 Å². The van der Waals surface area contributed by atoms with Gasteiger partial charge in [-0.3, -0.25) is 19.7 Å². The highest BCUT2D eigenvalue weighted by Crippen LogP contribution is 1.92. The van der Waals surface area contributed by atoms with Crippen LogP contribution in [0.1, 0.15) is 6.42 Å². The number of hydrogen-bond acceptors (Lipinski definition) is 4. The molecular formula is C6H8ClNO5. The van der Waals surface area contributed by atoms with Crippen molar-refractivity contribution in [3.05, 3.63) is 0 Å². The third-order valence-corrected chi connectivity index (χ3v) is 1.30. The summed E-state index contributed by atoms with van der Waals surface area (Å²) in [5, 5.41) is 18.2. The average molecular weight is 210 g/mol. The molecule has 3 N–H and O–H groups in total. The fraction of sp³-hybridized carbons (Fsp3) is 0.500. The summed E-state index contributed by atoms with van der Waals surface area (Å²) in [7, 11) is 0. The maximum Gasteiger partial charge on any atom is 0.321 e. The van der Waals surface area contributed by atoms with E-state index in [9.17, 15) is 14.4 Å². The van der Waals surface area contributed by atoms with Crippen LogP contribution in [-0.4, -0.2) is 40.0 Å². The van der Waals surface area contributed by atoms with Gasteiger partial charge in [-0.2, -0.15) is 0 Å². The van der Waals surface area contributed by atoms with Crippen molar-refractivity contribution in [2.24, 2.45) is 0 Å². The van der Waals surface area contributed by atoms with E-state index in [1.165, 1.54) is 0 Å². The van der Waals surface area contributed by atoms with E-state index in [-0.39, 0.29) is 6.54 Å². The number of rotatable bonds is 6. The zero-order valence-corrected chi connectivity index (χ0v) is 7.24. The third kappa shape index (κ3) is 6.06. The molecule has 0 spiro atoms. The largest absolute Gasteiger partial charge is 0.481 e. The Labute approximate surface area is 78.5 Å². The normalized spacial score (nSPS) is 12.1. The minimum Gasteiger partial charge on any atom is -0.481 e. The van der Waals surface area contributed by atoms with E-state index in [4.69, 9.17) is 21.8 Å². The summed E-state index contributed by atoms with van der Waals surface area (Å²) in [5.41, 5.74) is 0. The maximum atomic E-state index is 10.4. The monoisotopic (exact) mass is 209 g/mol. The quantitative estimate of drug-likeness (QED) is 0.499. The predicted octanol–water partition coefficient (Wildman–Crippen LogP) is -0.731. The van der Waals surface area contributed by atoms with Crippen molar-refractivity contribution in [1.82, 2.24) is 5.32 Å². The van der Waals surface area contributed by atoms with Gasteiger partial charge in [0.05, 0.1) is 13.0 Å². The Morgan fingerprint density at radius 1 is 1.31 bits per heavy atom. The van der Waals surface area contributed by atoms with Crippen LogP contribution in [0.3, 0.4) is 0 Å². The van der Waals surface area contributed by atoms with Gasteiger partial charge in [0.2, 0.25) is 5.24 Å². The van der Waals surface area contributed by atoms with Crippen LogP contribution in [0.15, 0.2) is 0 Å². The molecule has 0 aliphatic rings. The van der Waals surface area contributed by atoms with Gasteiger partial charge in [0, 0.05) is 0 Å². The molecule has 0 aliphatic heterocycles. The molecule has 0 saturated heterocycles. The number of hydrogen-bond donors (Lipinski definition) is 3. The Morgan fingerprint density at radius 2 is 1.85 bits per heavy atom. The van der Waals surface area contributed by atoms with Gasteiger partial charge in [-0.25, -0.2) is 0 Å². The number of carboxylic acids is 2. The van der Waals surface area contributed by atoms with Gasteiger partial charge in [-0.15, -0.1) is 0 Å². The van der Waals surface area contributed by atoms with E-state index < -0.39 is 29.6 Å². The highest BCUT2D eigenvalue weighted by atomic mass is 35.5. The summed E-state index contributed by atoms with van der Waals surface area (Å²) in [6.45, 7) is -0.369. The Bertz CT molecular complexity index is 229. The van der Waals surface area contributed by atoms with Gasteiger partial charge in [-0.05, 0) is 11.6 Å². The van der Waals surface area contributed by atoms with Crippen LogP contribution < -0.4 is 5.32 Å². The Hall–Kier alpha value is -1.14. The third-order valence-electron chi connectivity index (χ3n) is 1.16. The van der Waals surface area contributed by atoms with Gasteiger partial charge in [0.1, 0.15) is 6.04 Å². The van der Waals surface area contributed by atoms with Crippen molar-refractivity contribution in [3.8, 4) is 0 Å². The molecule has 0 fully saturated rings. The number of halogens is 1. The molecule has 1 atom stereocenters. The predicted molar refractivity (Wildman–Crippen MR) is 42.5 cm³/mol. The molecule has 74 valence electrons. The van der Waals surface area contributed by atoms with Crippen molar-refractivity contribution in [2.45, 2.75) is 12.5 Å². The number of aliphatic carboxylic acids is 2. The van der Waals surface area contributed by atoms with Crippen molar-refractivity contribution >= 4 is 28.8 Å². The first-order chi connectivity index (χ1) is 5.93. The lowest BCUT2D eigenvalue weighted by Crippen LogP contribution is -2.40. The molecule has 0 saturated carbocycles. The minimum absolute atomic E-state index is 0.369. The lowest BCUT2D eigenvalue weighted by Gasteiger charge is -2.09. The van der Waals surface area contributed by atoms with Crippen LogP contribution in [0.4, 0.5) is 0 Å². The van der Waals surface area contributed by atoms with Crippen LogP contribution in [0.25, 0.3) is 0 Å². The second-order valence-electron chi connectivity index (χ2n) is 2.22. The number of nitrogens with one attached hydrogen (secondary N) is 1. The molecule has 0 aromatic rings. The van der Waals surface area contributed by atoms with Crippen LogP contribution in [0.2, 0.25) is 0 Å². The molecule has 0 unspecified atom stereocenters. The fourth-order valence-corrected chi connectivity index (χ4v) is 0.702. The first-order valence-electron chi connectivity index (χ1n) is 3.29. The van der Waals surface area contributed by atoms with Crippen molar-refractivity contribution < 1.29 is 24.6 Å². The van der Waals surface area contributed by atoms with Gasteiger partial charge in [0.25, 0.3) is 0 Å². The Morgan fingerprint density at radius 3 is 2.15 bits per heavy atom. The summed E-state index contributed by atoms with van der Waals surface area (Å²) in [4.78, 5) is 30.7. The van der Waals surface area contributed by atoms with E-state index >= 15 is 0 Å². The summed E-state index contributed by atoms with van der Waals surface area (Å²) >= 11 is 4.92. The maximum absolute atomic E-state index is 10.4. The average Bonchev–Trinajstić information content (AvgIpc) is 1.96. The van der Waals surface area contributed by atoms with E-state index in [2.05, 4.69) is 5.32 Å². The van der Waals surface area contributed by atoms with Gasteiger partial charge >= 0.3 is 11.9 Å². The number of carbonyl (C=O) groups is 3. The first kappa shape index (κ1) is 11.9. The second-order valence-corrected chi connectivity index (χ2v) is 2.65. The molecule has 0 heterocycles. The molecule has 0 aromatic carbocycles. The zero-order valence-electron chi connectivity index (χ0n) is 6.49. The molecule has 13 heavy (non-hydrogen) atoms. The molecular weight excluding hydrogens is 202 g/mol. The summed E-state index contributed by atoms with van der Waals surface area (Å²) in [6, 6.07) is -1.29. The smallest absolute Gasteiger partial charge is 0.321 e. The standard InChI is InChI=1S/C6H8ClNO5/c7-4(9)2-8-3(6(12)13)1-5(10)11/h3,8H,1-2H2,(H,10,11)(H,12,13)/t3-/m0/s1. The molecule has 0 aliphatic carbocycles. The van der Waals surface area contributed by atoms with Crippen LogP contribution in [0, 0.1) is 0 Å². The molecule has 0 aromatic heterocycles. The van der Waals surface area contributed by atoms with Gasteiger partial charge in [-0.1, -0.05) is 0 Å². The highest BCUT2D eigenvalue weighted by molar-refractivity contribution is 6.64. The molecule has 0 radical (unpaired) electrons. The SMILES string of the molecule is O=C(O)C[C@H](NCC(=O)Cl)C(=O)O. The Balaban J connectivity index is 4.02. The van der Waals surface area contributed by atoms with E-state index in [1.807, 2.05) is 0 Å². The second kappa shape index (κ2) is 5.50. The molecule has 7 heteroatoms. The fourth-order valence-electron chi connectivity index (χ4n) is 0.625. The first-order valence-corrected chi connectivity index (χ1v) is 3.67. The molecule has 0 amide bonds. The number of carboxylic acid groups (broad SMARTS) is 2. The zero-order chi connectivity index (χ0) is 10.4. The molecule has 0 bridgehead atoms. The highest BCUT2D eigenvalue weighted by Gasteiger charge is 2.20. The topological polar surface area (TPSA) is 104 Å². The Kier molecular flexibility index (Phi) is 5.01. The molecule has 6 nitrogen and oxygen atoms in total. The van der Waals surface area contributed by atoms with Crippen LogP contribution in [0.5, 0.6) is 0 Å². The molecule has 0 rings (SSSR count). The van der Waals surface area contributed by atoms with Gasteiger partial charge in [0.15, 0.2) is 0 Å². The summed E-state index contributed by atoms with van der Waals surface area (Å²) in [5.74, 6) is -2.60. The minimum atomic E-state index is -1.33.